The molecule has 5 aromatic heterocycles. The number of carbonyl (C=O) groups excluding carboxylic acids is 11. The first-order valence-corrected chi connectivity index (χ1v) is 28.6. The molecule has 33 heteroatoms. The Hall–Kier alpha value is -9.66. The number of nitrogens with two attached hydrogens (primary N) is 2. The van der Waals surface area contributed by atoms with E-state index in [0.717, 1.165) is 0 Å². The van der Waals surface area contributed by atoms with Gasteiger partial charge in [0.15, 0.2) is 0 Å². The van der Waals surface area contributed by atoms with Crippen LogP contribution in [0.15, 0.2) is 62.6 Å². The van der Waals surface area contributed by atoms with Gasteiger partial charge in [-0.2, -0.15) is 0 Å². The van der Waals surface area contributed by atoms with Gasteiger partial charge in [0.05, 0.1) is 44.3 Å². The molecule has 3 fully saturated rings. The van der Waals surface area contributed by atoms with E-state index in [1.807, 2.05) is 0 Å². The minimum Gasteiger partial charge on any atom is -0.394 e. The van der Waals surface area contributed by atoms with Crippen LogP contribution in [-0.4, -0.2) is 221 Å². The lowest BCUT2D eigenvalue weighted by Crippen LogP contribution is -2.62. The summed E-state index contributed by atoms with van der Waals surface area (Å²) in [5.74, 6) is -9.51. The zero-order valence-electron chi connectivity index (χ0n) is 47.9. The van der Waals surface area contributed by atoms with Gasteiger partial charge in [-0.15, -0.1) is 0 Å². The van der Waals surface area contributed by atoms with Crippen molar-refractivity contribution in [2.75, 3.05) is 26.2 Å². The van der Waals surface area contributed by atoms with E-state index in [1.54, 1.807) is 13.8 Å². The third-order valence-corrected chi connectivity index (χ3v) is 15.5. The molecule has 466 valence electrons. The Morgan fingerprint density at radius 1 is 0.483 bits per heavy atom. The molecule has 5 aromatic rings. The third kappa shape index (κ3) is 16.2. The van der Waals surface area contributed by atoms with E-state index in [1.165, 1.54) is 77.3 Å². The summed E-state index contributed by atoms with van der Waals surface area (Å²) in [5, 5.41) is 26.5. The first-order valence-electron chi connectivity index (χ1n) is 28.6. The minimum absolute atomic E-state index is 0.0628. The number of primary amides is 1. The number of rotatable bonds is 29. The highest BCUT2D eigenvalue weighted by Gasteiger charge is 2.47. The lowest BCUT2D eigenvalue weighted by atomic mass is 10.0. The molecule has 0 spiro atoms. The molecule has 0 aromatic carbocycles. The molecule has 16 N–H and O–H groups in total. The van der Waals surface area contributed by atoms with Crippen molar-refractivity contribution in [1.82, 2.24) is 96.4 Å². The summed E-state index contributed by atoms with van der Waals surface area (Å²) in [7, 11) is 0. The number of ketones is 1. The number of nitrogens with zero attached hydrogens (tertiary/aromatic N) is 8. The Balaban J connectivity index is 0.952. The maximum absolute atomic E-state index is 14.6. The molecule has 0 bridgehead atoms. The third-order valence-electron chi connectivity index (χ3n) is 15.5. The summed E-state index contributed by atoms with van der Waals surface area (Å²) < 4.78 is 0. The fourth-order valence-electron chi connectivity index (χ4n) is 11.0. The second-order valence-corrected chi connectivity index (χ2v) is 22.0. The molecular weight excluding hydrogens is 1130 g/mol. The van der Waals surface area contributed by atoms with E-state index >= 15 is 0 Å². The molecule has 33 nitrogen and oxygen atoms in total. The van der Waals surface area contributed by atoms with E-state index in [9.17, 15) is 57.8 Å². The van der Waals surface area contributed by atoms with Crippen molar-refractivity contribution in [3.8, 4) is 0 Å². The monoisotopic (exact) mass is 1210 g/mol. The summed E-state index contributed by atoms with van der Waals surface area (Å²) in [4.78, 5) is 191. The molecule has 0 aliphatic carbocycles. The molecular formula is C54H73N21O12. The van der Waals surface area contributed by atoms with Crippen LogP contribution < -0.4 is 43.4 Å². The molecule has 8 heterocycles. The minimum atomic E-state index is -1.71. The highest BCUT2D eigenvalue weighted by molar-refractivity contribution is 6.38. The first kappa shape index (κ1) is 63.4. The number of aromatic amines is 5. The van der Waals surface area contributed by atoms with Crippen molar-refractivity contribution in [1.29, 1.82) is 0 Å². The van der Waals surface area contributed by atoms with Gasteiger partial charge in [0, 0.05) is 111 Å². The number of aliphatic hydroxyl groups is 1. The topological polar surface area (TPSA) is 485 Å². The quantitative estimate of drug-likeness (QED) is 0.0199. The van der Waals surface area contributed by atoms with Crippen molar-refractivity contribution >= 4 is 64.9 Å². The van der Waals surface area contributed by atoms with Crippen molar-refractivity contribution in [3.05, 3.63) is 91.1 Å². The summed E-state index contributed by atoms with van der Waals surface area (Å²) >= 11 is 0. The van der Waals surface area contributed by atoms with Crippen LogP contribution in [0.3, 0.4) is 0 Å². The number of likely N-dealkylation sites (tertiary alicyclic amines) is 3. The second kappa shape index (κ2) is 29.4. The van der Waals surface area contributed by atoms with Crippen LogP contribution in [-0.2, 0) is 84.8 Å². The van der Waals surface area contributed by atoms with Gasteiger partial charge < -0.3 is 88.1 Å². The van der Waals surface area contributed by atoms with Crippen LogP contribution in [0.25, 0.3) is 0 Å². The Morgan fingerprint density at radius 2 is 0.805 bits per heavy atom. The number of amides is 10. The standard InChI is InChI=1S/C54H73N21O12/c1-28(2)43(54(87)75-11-5-8-42(75)53(86)74-10-4-7-41(74)52(85)73-9-3-6-40(73)44(77)45(56)78)72-51(84)39(22-76)71-50(83)38(16-33-21-61-27-66-33)70-49(82)37(15-32-20-60-26-65-32)69-48(81)36(14-31-19-59-25-64-31)68-47(80)35(13-30-18-58-24-63-30)67-46(79)34(55)12-29-17-57-23-62-29/h17-21,23-28,34-43,76H,3-16,22,55H2,1-2H3,(H2,56,78)(H,57,62)(H,58,63)(H,59,64)(H,60,65)(H,61,66)(H,67,79)(H,68,80)(H,69,81)(H,70,82)(H,71,83)(H,72,84)/t34-,35-,36-,37-,38-,39-,40-,41-,42-,43-/m0/s1. The number of Topliss-reactive ketones (excluding diaryl/α,β-unsaturated/α-hetero) is 1. The zero-order chi connectivity index (χ0) is 62.3. The number of hydrogen-bond acceptors (Lipinski definition) is 18. The lowest BCUT2D eigenvalue weighted by molar-refractivity contribution is -0.151. The number of hydrogen-bond donors (Lipinski definition) is 14. The Labute approximate surface area is 497 Å². The van der Waals surface area contributed by atoms with E-state index in [-0.39, 0.29) is 64.6 Å². The summed E-state index contributed by atoms with van der Waals surface area (Å²) in [6.45, 7) is 2.87. The van der Waals surface area contributed by atoms with Crippen LogP contribution in [0.4, 0.5) is 0 Å². The van der Waals surface area contributed by atoms with Crippen LogP contribution >= 0.6 is 0 Å². The van der Waals surface area contributed by atoms with Crippen LogP contribution in [0.2, 0.25) is 0 Å². The van der Waals surface area contributed by atoms with Crippen LogP contribution in [0.5, 0.6) is 0 Å². The fourth-order valence-corrected chi connectivity index (χ4v) is 11.0. The molecule has 0 unspecified atom stereocenters. The average Bonchev–Trinajstić information content (AvgIpc) is 3.74. The van der Waals surface area contributed by atoms with Crippen LogP contribution in [0.1, 0.15) is 80.8 Å². The fraction of sp³-hybridized carbons (Fsp3) is 0.519. The van der Waals surface area contributed by atoms with Gasteiger partial charge in [0.2, 0.25) is 58.9 Å². The van der Waals surface area contributed by atoms with Gasteiger partial charge in [-0.05, 0) is 44.4 Å². The highest BCUT2D eigenvalue weighted by atomic mass is 16.3. The molecule has 8 rings (SSSR count). The molecule has 3 aliphatic heterocycles. The lowest BCUT2D eigenvalue weighted by Gasteiger charge is -2.35. The average molecular weight is 1210 g/mol. The van der Waals surface area contributed by atoms with E-state index < -0.39 is 138 Å². The molecule has 10 atom stereocenters. The zero-order valence-corrected chi connectivity index (χ0v) is 47.9. The van der Waals surface area contributed by atoms with Crippen molar-refractivity contribution in [2.45, 2.75) is 145 Å². The Morgan fingerprint density at radius 3 is 1.16 bits per heavy atom. The van der Waals surface area contributed by atoms with Gasteiger partial charge >= 0.3 is 0 Å². The van der Waals surface area contributed by atoms with Gasteiger partial charge in [-0.1, -0.05) is 13.8 Å². The molecule has 10 amide bonds. The number of carbonyl (C=O) groups is 11. The maximum atomic E-state index is 14.6. The second-order valence-electron chi connectivity index (χ2n) is 22.0. The van der Waals surface area contributed by atoms with E-state index in [4.69, 9.17) is 11.5 Å². The van der Waals surface area contributed by atoms with E-state index in [2.05, 4.69) is 81.7 Å². The van der Waals surface area contributed by atoms with Crippen molar-refractivity contribution in [2.24, 2.45) is 17.4 Å². The Kier molecular flexibility index (Phi) is 21.4. The Bertz CT molecular complexity index is 3170. The number of nitrogens with one attached hydrogen (secondary N) is 11. The molecule has 87 heavy (non-hydrogen) atoms. The largest absolute Gasteiger partial charge is 0.394 e. The SMILES string of the molecule is CC(C)[C@H](NC(=O)[C@H](CO)NC(=O)[C@H](Cc1cnc[nH]1)NC(=O)[C@H](Cc1cnc[nH]1)NC(=O)[C@H](Cc1cnc[nH]1)NC(=O)[C@H](Cc1cnc[nH]1)NC(=O)[C@@H](N)Cc1cnc[nH]1)C(=O)N1CCC[C@H]1C(=O)N1CCC[C@H]1C(=O)N1CCC[C@H]1C(=O)C(N)=O. The number of aromatic nitrogens is 10. The maximum Gasteiger partial charge on any atom is 0.287 e. The molecule has 3 saturated heterocycles. The summed E-state index contributed by atoms with van der Waals surface area (Å²) in [6, 6.07) is -12.9. The van der Waals surface area contributed by atoms with Gasteiger partial charge in [-0.25, -0.2) is 24.9 Å². The molecule has 0 radical (unpaired) electrons. The van der Waals surface area contributed by atoms with Gasteiger partial charge in [0.1, 0.15) is 54.4 Å². The number of H-pyrrole nitrogens is 5. The van der Waals surface area contributed by atoms with Gasteiger partial charge in [-0.3, -0.25) is 52.7 Å². The highest BCUT2D eigenvalue weighted by Crippen LogP contribution is 2.29. The van der Waals surface area contributed by atoms with Crippen molar-refractivity contribution in [3.63, 3.8) is 0 Å². The van der Waals surface area contributed by atoms with E-state index in [0.29, 0.717) is 54.2 Å². The number of imidazole rings is 5. The van der Waals surface area contributed by atoms with Crippen LogP contribution in [0, 0.1) is 5.92 Å². The van der Waals surface area contributed by atoms with Gasteiger partial charge in [0.25, 0.3) is 5.91 Å². The molecule has 0 saturated carbocycles. The predicted octanol–water partition coefficient (Wildman–Crippen LogP) is -5.27. The smallest absolute Gasteiger partial charge is 0.287 e. The predicted molar refractivity (Wildman–Crippen MR) is 301 cm³/mol. The first-order chi connectivity index (χ1) is 41.8. The normalized spacial score (nSPS) is 19.0. The molecule has 3 aliphatic rings. The number of aliphatic hydroxyl groups excluding tert-OH is 1. The summed E-state index contributed by atoms with van der Waals surface area (Å²) in [5.41, 5.74) is 13.6. The van der Waals surface area contributed by atoms with Crippen molar-refractivity contribution < 1.29 is 57.8 Å². The summed E-state index contributed by atoms with van der Waals surface area (Å²) in [6.07, 6.45) is 15.5.